The van der Waals surface area contributed by atoms with Crippen molar-refractivity contribution < 1.29 is 14.3 Å². The largest absolute Gasteiger partial charge is 0.492 e. The molecule has 0 unspecified atom stereocenters. The summed E-state index contributed by atoms with van der Waals surface area (Å²) in [5.41, 5.74) is 0.132. The zero-order valence-electron chi connectivity index (χ0n) is 19.0. The van der Waals surface area contributed by atoms with E-state index in [1.807, 2.05) is 24.3 Å². The standard InChI is InChI=1S/C25H40N2O3/c1-3-19-30-25(15-7-4-5-8-16-25)24(28)26-22-11-13-23(14-12-22)29-20-18-27-17-9-6-10-21(27)2/h11-14,21H,3-10,15-20H2,1-2H3,(H,26,28)/t21-/m0/s1. The molecule has 1 aliphatic carbocycles. The third kappa shape index (κ3) is 6.45. The first-order valence-corrected chi connectivity index (χ1v) is 12.1. The Hall–Kier alpha value is -1.59. The van der Waals surface area contributed by atoms with Gasteiger partial charge in [0.05, 0.1) is 0 Å². The predicted octanol–water partition coefficient (Wildman–Crippen LogP) is 5.40. The lowest BCUT2D eigenvalue weighted by Crippen LogP contribution is -2.45. The van der Waals surface area contributed by atoms with Gasteiger partial charge in [-0.05, 0) is 69.8 Å². The second kappa shape index (κ2) is 11.7. The Balaban J connectivity index is 1.51. The van der Waals surface area contributed by atoms with E-state index in [-0.39, 0.29) is 5.91 Å². The minimum atomic E-state index is -0.674. The molecule has 2 aliphatic rings. The van der Waals surface area contributed by atoms with E-state index in [0.29, 0.717) is 19.3 Å². The number of nitrogens with one attached hydrogen (secondary N) is 1. The molecule has 5 heteroatoms. The minimum absolute atomic E-state index is 0.00519. The Kier molecular flexibility index (Phi) is 9.01. The van der Waals surface area contributed by atoms with Crippen molar-refractivity contribution >= 4 is 11.6 Å². The van der Waals surface area contributed by atoms with Gasteiger partial charge in [-0.15, -0.1) is 0 Å². The molecule has 5 nitrogen and oxygen atoms in total. The lowest BCUT2D eigenvalue weighted by atomic mass is 9.92. The molecule has 0 aromatic heterocycles. The van der Waals surface area contributed by atoms with Crippen molar-refractivity contribution in [3.63, 3.8) is 0 Å². The molecule has 0 radical (unpaired) electrons. The molecule has 1 aromatic rings. The zero-order chi connectivity index (χ0) is 21.2. The molecule has 0 bridgehead atoms. The average Bonchev–Trinajstić information content (AvgIpc) is 3.01. The number of ether oxygens (including phenoxy) is 2. The highest BCUT2D eigenvalue weighted by atomic mass is 16.5. The van der Waals surface area contributed by atoms with Crippen LogP contribution in [0.2, 0.25) is 0 Å². The maximum Gasteiger partial charge on any atom is 0.256 e. The van der Waals surface area contributed by atoms with Gasteiger partial charge in [-0.1, -0.05) is 39.0 Å². The number of anilines is 1. The number of carbonyl (C=O) groups is 1. The van der Waals surface area contributed by atoms with E-state index in [9.17, 15) is 4.79 Å². The smallest absolute Gasteiger partial charge is 0.256 e. The summed E-state index contributed by atoms with van der Waals surface area (Å²) in [6.45, 7) is 7.88. The lowest BCUT2D eigenvalue weighted by molar-refractivity contribution is -0.143. The predicted molar refractivity (Wildman–Crippen MR) is 122 cm³/mol. The van der Waals surface area contributed by atoms with Crippen molar-refractivity contribution in [2.45, 2.75) is 89.7 Å². The first kappa shape index (κ1) is 23.1. The van der Waals surface area contributed by atoms with Crippen molar-refractivity contribution in [2.24, 2.45) is 0 Å². The SMILES string of the molecule is CCCOC1(C(=O)Nc2ccc(OCCN3CCCC[C@@H]3C)cc2)CCCCCC1. The Morgan fingerprint density at radius 3 is 2.47 bits per heavy atom. The van der Waals surface area contributed by atoms with Crippen LogP contribution in [0.3, 0.4) is 0 Å². The van der Waals surface area contributed by atoms with E-state index in [2.05, 4.69) is 24.1 Å². The fourth-order valence-electron chi connectivity index (χ4n) is 4.68. The highest BCUT2D eigenvalue weighted by Crippen LogP contribution is 2.32. The average molecular weight is 417 g/mol. The molecule has 1 saturated carbocycles. The summed E-state index contributed by atoms with van der Waals surface area (Å²) in [7, 11) is 0. The number of hydrogen-bond donors (Lipinski definition) is 1. The number of hydrogen-bond acceptors (Lipinski definition) is 4. The Labute approximate surface area is 182 Å². The van der Waals surface area contributed by atoms with E-state index in [4.69, 9.17) is 9.47 Å². The van der Waals surface area contributed by atoms with Crippen LogP contribution in [0, 0.1) is 0 Å². The quantitative estimate of drug-likeness (QED) is 0.548. The monoisotopic (exact) mass is 416 g/mol. The lowest BCUT2D eigenvalue weighted by Gasteiger charge is -2.33. The number of likely N-dealkylation sites (tertiary alicyclic amines) is 1. The van der Waals surface area contributed by atoms with E-state index >= 15 is 0 Å². The van der Waals surface area contributed by atoms with Crippen LogP contribution < -0.4 is 10.1 Å². The molecule has 1 atom stereocenters. The third-order valence-electron chi connectivity index (χ3n) is 6.61. The van der Waals surface area contributed by atoms with Gasteiger partial charge in [-0.3, -0.25) is 9.69 Å². The first-order valence-electron chi connectivity index (χ1n) is 12.1. The van der Waals surface area contributed by atoms with Gasteiger partial charge in [0.15, 0.2) is 0 Å². The van der Waals surface area contributed by atoms with E-state index in [1.165, 1.54) is 38.6 Å². The maximum absolute atomic E-state index is 13.1. The summed E-state index contributed by atoms with van der Waals surface area (Å²) in [5.74, 6) is 0.856. The molecule has 168 valence electrons. The molecular formula is C25H40N2O3. The minimum Gasteiger partial charge on any atom is -0.492 e. The molecule has 1 N–H and O–H groups in total. The van der Waals surface area contributed by atoms with Crippen LogP contribution in [0.4, 0.5) is 5.69 Å². The second-order valence-electron chi connectivity index (χ2n) is 8.96. The summed E-state index contributed by atoms with van der Waals surface area (Å²) in [6.07, 6.45) is 11.0. The van der Waals surface area contributed by atoms with Gasteiger partial charge in [0, 0.05) is 24.9 Å². The van der Waals surface area contributed by atoms with Gasteiger partial charge < -0.3 is 14.8 Å². The van der Waals surface area contributed by atoms with Crippen LogP contribution in [-0.2, 0) is 9.53 Å². The van der Waals surface area contributed by atoms with Gasteiger partial charge in [-0.2, -0.15) is 0 Å². The van der Waals surface area contributed by atoms with Crippen LogP contribution in [0.1, 0.15) is 78.1 Å². The van der Waals surface area contributed by atoms with Gasteiger partial charge in [0.1, 0.15) is 18.0 Å². The highest BCUT2D eigenvalue weighted by Gasteiger charge is 2.39. The summed E-state index contributed by atoms with van der Waals surface area (Å²) in [4.78, 5) is 15.7. The molecule has 0 spiro atoms. The first-order chi connectivity index (χ1) is 14.6. The van der Waals surface area contributed by atoms with E-state index in [1.54, 1.807) is 0 Å². The van der Waals surface area contributed by atoms with Crippen LogP contribution in [-0.4, -0.2) is 48.8 Å². The fraction of sp³-hybridized carbons (Fsp3) is 0.720. The molecule has 1 amide bonds. The molecule has 1 aliphatic heterocycles. The van der Waals surface area contributed by atoms with Gasteiger partial charge in [-0.25, -0.2) is 0 Å². The molecule has 30 heavy (non-hydrogen) atoms. The second-order valence-corrected chi connectivity index (χ2v) is 8.96. The number of amides is 1. The summed E-state index contributed by atoms with van der Waals surface area (Å²) < 4.78 is 12.1. The number of nitrogens with zero attached hydrogens (tertiary/aromatic N) is 1. The Bertz CT molecular complexity index is 638. The summed E-state index contributed by atoms with van der Waals surface area (Å²) in [5, 5.41) is 3.10. The van der Waals surface area contributed by atoms with Gasteiger partial charge >= 0.3 is 0 Å². The fourth-order valence-corrected chi connectivity index (χ4v) is 4.68. The van der Waals surface area contributed by atoms with Gasteiger partial charge in [0.25, 0.3) is 5.91 Å². The molecule has 2 fully saturated rings. The molecule has 1 heterocycles. The third-order valence-corrected chi connectivity index (χ3v) is 6.61. The number of piperidine rings is 1. The van der Waals surface area contributed by atoms with Crippen LogP contribution in [0.5, 0.6) is 5.75 Å². The van der Waals surface area contributed by atoms with Crippen molar-refractivity contribution in [3.8, 4) is 5.75 Å². The number of benzene rings is 1. The van der Waals surface area contributed by atoms with Crippen LogP contribution in [0.15, 0.2) is 24.3 Å². The molecule has 1 saturated heterocycles. The molecule has 3 rings (SSSR count). The summed E-state index contributed by atoms with van der Waals surface area (Å²) >= 11 is 0. The molecular weight excluding hydrogens is 376 g/mol. The van der Waals surface area contributed by atoms with Gasteiger partial charge in [0.2, 0.25) is 0 Å². The van der Waals surface area contributed by atoms with Crippen molar-refractivity contribution in [2.75, 3.05) is 31.6 Å². The summed E-state index contributed by atoms with van der Waals surface area (Å²) in [6, 6.07) is 8.41. The highest BCUT2D eigenvalue weighted by molar-refractivity contribution is 5.97. The van der Waals surface area contributed by atoms with E-state index in [0.717, 1.165) is 50.1 Å². The number of rotatable bonds is 9. The maximum atomic E-state index is 13.1. The zero-order valence-corrected chi connectivity index (χ0v) is 19.0. The Morgan fingerprint density at radius 2 is 1.80 bits per heavy atom. The van der Waals surface area contributed by atoms with Crippen molar-refractivity contribution in [1.82, 2.24) is 4.90 Å². The number of carbonyl (C=O) groups excluding carboxylic acids is 1. The van der Waals surface area contributed by atoms with Crippen molar-refractivity contribution in [3.05, 3.63) is 24.3 Å². The van der Waals surface area contributed by atoms with E-state index < -0.39 is 5.60 Å². The Morgan fingerprint density at radius 1 is 1.07 bits per heavy atom. The topological polar surface area (TPSA) is 50.8 Å². The van der Waals surface area contributed by atoms with Crippen molar-refractivity contribution in [1.29, 1.82) is 0 Å². The normalized spacial score (nSPS) is 22.3. The molecule has 1 aromatic carbocycles. The van der Waals surface area contributed by atoms with Crippen LogP contribution in [0.25, 0.3) is 0 Å². The van der Waals surface area contributed by atoms with Crippen LogP contribution >= 0.6 is 0 Å².